The molecule has 0 radical (unpaired) electrons. The lowest BCUT2D eigenvalue weighted by molar-refractivity contribution is 0.0679. The standard InChI is InChI=1S/C25H27N3O2/c1-27(21-13-6-3-7-14-21)24-22(15-10-17-26-24)23-16-8-9-18-28(23)25(29)30-19-20-11-4-2-5-12-20/h2-7,10-15,17,23H,8-9,16,18-19H2,1H3/t23-/m0/s1. The predicted octanol–water partition coefficient (Wildman–Crippen LogP) is 5.71. The SMILES string of the molecule is CN(c1ccccc1)c1ncccc1[C@@H]1CCCCN1C(=O)OCc1ccccc1. The van der Waals surface area contributed by atoms with E-state index in [4.69, 9.17) is 4.74 Å². The molecule has 0 spiro atoms. The van der Waals surface area contributed by atoms with Crippen LogP contribution in [-0.2, 0) is 11.3 Å². The summed E-state index contributed by atoms with van der Waals surface area (Å²) >= 11 is 0. The zero-order valence-electron chi connectivity index (χ0n) is 17.3. The lowest BCUT2D eigenvalue weighted by Crippen LogP contribution is -2.39. The molecule has 1 aromatic heterocycles. The molecule has 2 aromatic carbocycles. The van der Waals surface area contributed by atoms with E-state index in [0.29, 0.717) is 6.54 Å². The molecule has 1 aliphatic rings. The van der Waals surface area contributed by atoms with Crippen molar-refractivity contribution >= 4 is 17.6 Å². The fourth-order valence-electron chi connectivity index (χ4n) is 4.00. The van der Waals surface area contributed by atoms with Gasteiger partial charge in [0.2, 0.25) is 0 Å². The van der Waals surface area contributed by atoms with Crippen molar-refractivity contribution < 1.29 is 9.53 Å². The topological polar surface area (TPSA) is 45.7 Å². The van der Waals surface area contributed by atoms with Crippen LogP contribution in [0.5, 0.6) is 0 Å². The van der Waals surface area contributed by atoms with Crippen molar-refractivity contribution in [2.75, 3.05) is 18.5 Å². The second-order valence-corrected chi connectivity index (χ2v) is 7.56. The number of aromatic nitrogens is 1. The van der Waals surface area contributed by atoms with Crippen molar-refractivity contribution in [2.45, 2.75) is 31.9 Å². The first-order valence-corrected chi connectivity index (χ1v) is 10.4. The van der Waals surface area contributed by atoms with Gasteiger partial charge in [0, 0.05) is 31.0 Å². The highest BCUT2D eigenvalue weighted by molar-refractivity contribution is 5.70. The molecule has 5 nitrogen and oxygen atoms in total. The number of carbonyl (C=O) groups excluding carboxylic acids is 1. The molecule has 1 fully saturated rings. The summed E-state index contributed by atoms with van der Waals surface area (Å²) in [5, 5.41) is 0. The Bertz CT molecular complexity index is 962. The van der Waals surface area contributed by atoms with Crippen molar-refractivity contribution in [1.82, 2.24) is 9.88 Å². The highest BCUT2D eigenvalue weighted by atomic mass is 16.6. The van der Waals surface area contributed by atoms with Crippen molar-refractivity contribution in [1.29, 1.82) is 0 Å². The van der Waals surface area contributed by atoms with Crippen LogP contribution in [-0.4, -0.2) is 29.6 Å². The maximum atomic E-state index is 13.0. The van der Waals surface area contributed by atoms with Gasteiger partial charge in [0.1, 0.15) is 12.4 Å². The van der Waals surface area contributed by atoms with Crippen LogP contribution >= 0.6 is 0 Å². The highest BCUT2D eigenvalue weighted by Crippen LogP contribution is 2.37. The van der Waals surface area contributed by atoms with Gasteiger partial charge < -0.3 is 14.5 Å². The zero-order valence-corrected chi connectivity index (χ0v) is 17.3. The molecule has 3 aromatic rings. The van der Waals surface area contributed by atoms with Crippen LogP contribution in [0, 0.1) is 0 Å². The number of anilines is 2. The van der Waals surface area contributed by atoms with Crippen LogP contribution in [0.4, 0.5) is 16.3 Å². The Labute approximate surface area is 177 Å². The van der Waals surface area contributed by atoms with Gasteiger partial charge in [-0.3, -0.25) is 0 Å². The van der Waals surface area contributed by atoms with Crippen molar-refractivity contribution in [3.8, 4) is 0 Å². The van der Waals surface area contributed by atoms with Crippen molar-refractivity contribution in [3.63, 3.8) is 0 Å². The minimum atomic E-state index is -0.263. The molecule has 154 valence electrons. The smallest absolute Gasteiger partial charge is 0.410 e. The molecule has 1 amide bonds. The number of amides is 1. The van der Waals surface area contributed by atoms with Gasteiger partial charge in [-0.05, 0) is 43.0 Å². The first-order chi connectivity index (χ1) is 14.7. The Morgan fingerprint density at radius 3 is 2.53 bits per heavy atom. The number of hydrogen-bond acceptors (Lipinski definition) is 4. The highest BCUT2D eigenvalue weighted by Gasteiger charge is 2.31. The molecule has 30 heavy (non-hydrogen) atoms. The van der Waals surface area contributed by atoms with Gasteiger partial charge >= 0.3 is 6.09 Å². The third-order valence-electron chi connectivity index (χ3n) is 5.58. The summed E-state index contributed by atoms with van der Waals surface area (Å²) in [5.74, 6) is 0.872. The molecule has 0 bridgehead atoms. The molecule has 1 aliphatic heterocycles. The number of ether oxygens (including phenoxy) is 1. The molecule has 0 saturated carbocycles. The van der Waals surface area contributed by atoms with Gasteiger partial charge in [0.25, 0.3) is 0 Å². The minimum absolute atomic E-state index is 0.0446. The van der Waals surface area contributed by atoms with Gasteiger partial charge in [-0.1, -0.05) is 54.6 Å². The van der Waals surface area contributed by atoms with Crippen LogP contribution in [0.15, 0.2) is 79.0 Å². The van der Waals surface area contributed by atoms with E-state index in [0.717, 1.165) is 41.9 Å². The molecule has 0 unspecified atom stereocenters. The van der Waals surface area contributed by atoms with Crippen LogP contribution in [0.25, 0.3) is 0 Å². The monoisotopic (exact) mass is 401 g/mol. The summed E-state index contributed by atoms with van der Waals surface area (Å²) < 4.78 is 5.66. The lowest BCUT2D eigenvalue weighted by atomic mass is 9.95. The van der Waals surface area contributed by atoms with E-state index in [1.165, 1.54) is 0 Å². The predicted molar refractivity (Wildman–Crippen MR) is 119 cm³/mol. The second kappa shape index (κ2) is 9.44. The van der Waals surface area contributed by atoms with Gasteiger partial charge in [-0.15, -0.1) is 0 Å². The number of pyridine rings is 1. The van der Waals surface area contributed by atoms with Crippen LogP contribution < -0.4 is 4.90 Å². The molecular weight excluding hydrogens is 374 g/mol. The molecule has 0 aliphatic carbocycles. The number of likely N-dealkylation sites (tertiary alicyclic amines) is 1. The number of hydrogen-bond donors (Lipinski definition) is 0. The van der Waals surface area contributed by atoms with Crippen LogP contribution in [0.2, 0.25) is 0 Å². The largest absolute Gasteiger partial charge is 0.445 e. The molecule has 4 rings (SSSR count). The van der Waals surface area contributed by atoms with E-state index in [-0.39, 0.29) is 18.7 Å². The van der Waals surface area contributed by atoms with Gasteiger partial charge in [-0.25, -0.2) is 9.78 Å². The summed E-state index contributed by atoms with van der Waals surface area (Å²) in [7, 11) is 2.02. The molecular formula is C25H27N3O2. The number of rotatable bonds is 5. The van der Waals surface area contributed by atoms with Crippen molar-refractivity contribution in [2.24, 2.45) is 0 Å². The average molecular weight is 402 g/mol. The molecule has 1 saturated heterocycles. The summed E-state index contributed by atoms with van der Waals surface area (Å²) in [5.41, 5.74) is 3.11. The van der Waals surface area contributed by atoms with Gasteiger partial charge in [-0.2, -0.15) is 0 Å². The third kappa shape index (κ3) is 4.46. The second-order valence-electron chi connectivity index (χ2n) is 7.56. The van der Waals surface area contributed by atoms with E-state index in [1.807, 2.05) is 66.5 Å². The zero-order chi connectivity index (χ0) is 20.8. The van der Waals surface area contributed by atoms with E-state index in [9.17, 15) is 4.79 Å². The van der Waals surface area contributed by atoms with Crippen LogP contribution in [0.1, 0.15) is 36.4 Å². The molecule has 0 N–H and O–H groups in total. The van der Waals surface area contributed by atoms with Gasteiger partial charge in [0.15, 0.2) is 0 Å². The summed E-state index contributed by atoms with van der Waals surface area (Å²) in [6, 6.07) is 23.9. The maximum absolute atomic E-state index is 13.0. The molecule has 1 atom stereocenters. The van der Waals surface area contributed by atoms with Crippen molar-refractivity contribution in [3.05, 3.63) is 90.1 Å². The fraction of sp³-hybridized carbons (Fsp3) is 0.280. The number of piperidine rings is 1. The average Bonchev–Trinajstić information content (AvgIpc) is 2.83. The normalized spacial score (nSPS) is 16.2. The number of para-hydroxylation sites is 1. The first kappa shape index (κ1) is 20.0. The van der Waals surface area contributed by atoms with Gasteiger partial charge in [0.05, 0.1) is 6.04 Å². The Kier molecular flexibility index (Phi) is 6.28. The maximum Gasteiger partial charge on any atom is 0.410 e. The van der Waals surface area contributed by atoms with E-state index in [2.05, 4.69) is 28.1 Å². The molecule has 5 heteroatoms. The fourth-order valence-corrected chi connectivity index (χ4v) is 4.00. The Morgan fingerprint density at radius 1 is 1.03 bits per heavy atom. The van der Waals surface area contributed by atoms with E-state index >= 15 is 0 Å². The Morgan fingerprint density at radius 2 is 1.77 bits per heavy atom. The number of carbonyl (C=O) groups is 1. The third-order valence-corrected chi connectivity index (χ3v) is 5.58. The first-order valence-electron chi connectivity index (χ1n) is 10.4. The Balaban J connectivity index is 1.56. The summed E-state index contributed by atoms with van der Waals surface area (Å²) in [6.45, 7) is 0.981. The van der Waals surface area contributed by atoms with Crippen LogP contribution in [0.3, 0.4) is 0 Å². The number of nitrogens with zero attached hydrogens (tertiary/aromatic N) is 3. The summed E-state index contributed by atoms with van der Waals surface area (Å²) in [6.07, 6.45) is 4.51. The van der Waals surface area contributed by atoms with E-state index in [1.54, 1.807) is 6.20 Å². The molecule has 2 heterocycles. The quantitative estimate of drug-likeness (QED) is 0.549. The lowest BCUT2D eigenvalue weighted by Gasteiger charge is -2.36. The minimum Gasteiger partial charge on any atom is -0.445 e. The Hall–Kier alpha value is -3.34. The number of benzene rings is 2. The summed E-state index contributed by atoms with van der Waals surface area (Å²) in [4.78, 5) is 21.6. The van der Waals surface area contributed by atoms with E-state index < -0.39 is 0 Å².